The van der Waals surface area contributed by atoms with Crippen molar-refractivity contribution >= 4 is 15.8 Å². The average molecular weight is 315 g/mol. The van der Waals surface area contributed by atoms with Crippen LogP contribution in [0.2, 0.25) is 0 Å². The first-order chi connectivity index (χ1) is 9.90. The molecule has 1 fully saturated rings. The third-order valence-electron chi connectivity index (χ3n) is 3.98. The van der Waals surface area contributed by atoms with Gasteiger partial charge in [0.25, 0.3) is 0 Å². The van der Waals surface area contributed by atoms with E-state index in [0.29, 0.717) is 13.1 Å². The molecular formula is C13H25N5O2S. The molecule has 2 N–H and O–H groups in total. The third kappa shape index (κ3) is 3.22. The first-order valence-corrected chi connectivity index (χ1v) is 8.87. The minimum Gasteiger partial charge on any atom is -0.381 e. The summed E-state index contributed by atoms with van der Waals surface area (Å²) in [6, 6.07) is -0.0214. The van der Waals surface area contributed by atoms with Crippen molar-refractivity contribution in [3.05, 3.63) is 6.20 Å². The van der Waals surface area contributed by atoms with Gasteiger partial charge in [0.1, 0.15) is 4.90 Å². The van der Waals surface area contributed by atoms with Gasteiger partial charge in [0.15, 0.2) is 5.82 Å². The highest BCUT2D eigenvalue weighted by molar-refractivity contribution is 7.89. The molecule has 1 aromatic rings. The normalized spacial score (nSPS) is 22.3. The van der Waals surface area contributed by atoms with Crippen molar-refractivity contribution in [3.63, 3.8) is 0 Å². The second-order valence-corrected chi connectivity index (χ2v) is 7.39. The Hall–Kier alpha value is -1.12. The lowest BCUT2D eigenvalue weighted by molar-refractivity contribution is 0.270. The van der Waals surface area contributed by atoms with Gasteiger partial charge in [-0.2, -0.15) is 9.40 Å². The van der Waals surface area contributed by atoms with Gasteiger partial charge < -0.3 is 10.6 Å². The number of nitrogens with zero attached hydrogens (tertiary/aromatic N) is 4. The molecule has 0 aromatic carbocycles. The Balaban J connectivity index is 2.38. The number of hydrogen-bond donors (Lipinski definition) is 1. The second-order valence-electron chi connectivity index (χ2n) is 5.53. The predicted octanol–water partition coefficient (Wildman–Crippen LogP) is 0.590. The number of aryl methyl sites for hydroxylation is 1. The fraction of sp³-hybridized carbons (Fsp3) is 0.769. The van der Waals surface area contributed by atoms with E-state index in [0.717, 1.165) is 25.9 Å². The molecule has 1 aliphatic heterocycles. The first kappa shape index (κ1) is 16.3. The largest absolute Gasteiger partial charge is 0.381 e. The van der Waals surface area contributed by atoms with Crippen LogP contribution in [0.5, 0.6) is 0 Å². The van der Waals surface area contributed by atoms with Gasteiger partial charge in [0.2, 0.25) is 10.0 Å². The van der Waals surface area contributed by atoms with Crippen LogP contribution in [0.1, 0.15) is 26.7 Å². The molecule has 0 amide bonds. The van der Waals surface area contributed by atoms with E-state index in [1.54, 1.807) is 8.99 Å². The number of sulfonamides is 1. The Morgan fingerprint density at radius 3 is 2.67 bits per heavy atom. The van der Waals surface area contributed by atoms with Crippen molar-refractivity contribution < 1.29 is 8.42 Å². The zero-order chi connectivity index (χ0) is 15.6. The Morgan fingerprint density at radius 1 is 1.38 bits per heavy atom. The lowest BCUT2D eigenvalue weighted by Crippen LogP contribution is -2.43. The third-order valence-corrected chi connectivity index (χ3v) is 5.95. The maximum Gasteiger partial charge on any atom is 0.248 e. The van der Waals surface area contributed by atoms with E-state index in [4.69, 9.17) is 5.73 Å². The van der Waals surface area contributed by atoms with Crippen LogP contribution in [-0.4, -0.2) is 60.1 Å². The van der Waals surface area contributed by atoms with Gasteiger partial charge in [0, 0.05) is 31.9 Å². The van der Waals surface area contributed by atoms with Gasteiger partial charge in [-0.05, 0) is 33.4 Å². The van der Waals surface area contributed by atoms with Crippen LogP contribution >= 0.6 is 0 Å². The molecule has 0 spiro atoms. The van der Waals surface area contributed by atoms with Crippen LogP contribution in [0, 0.1) is 0 Å². The van der Waals surface area contributed by atoms with Gasteiger partial charge in [0.05, 0.1) is 0 Å². The number of aromatic nitrogens is 2. The standard InChI is InChI=1S/C13H25N5O2S/c1-4-11-9-16(3)7-6-8-18(11)21(19,20)12-10-17(5-2)15-13(12)14/h10-11H,4-9H2,1-3H3,(H2,14,15). The van der Waals surface area contributed by atoms with Crippen LogP contribution in [0.3, 0.4) is 0 Å². The summed E-state index contributed by atoms with van der Waals surface area (Å²) >= 11 is 0. The number of hydrogen-bond acceptors (Lipinski definition) is 5. The molecule has 1 atom stereocenters. The molecule has 1 aromatic heterocycles. The van der Waals surface area contributed by atoms with Crippen LogP contribution in [0.4, 0.5) is 5.82 Å². The quantitative estimate of drug-likeness (QED) is 0.879. The van der Waals surface area contributed by atoms with E-state index in [1.165, 1.54) is 6.20 Å². The van der Waals surface area contributed by atoms with E-state index in [-0.39, 0.29) is 16.8 Å². The van der Waals surface area contributed by atoms with Crippen molar-refractivity contribution in [2.24, 2.45) is 0 Å². The van der Waals surface area contributed by atoms with Crippen molar-refractivity contribution in [1.82, 2.24) is 19.0 Å². The summed E-state index contributed by atoms with van der Waals surface area (Å²) in [5.41, 5.74) is 5.81. The van der Waals surface area contributed by atoms with Crippen molar-refractivity contribution in [2.75, 3.05) is 32.4 Å². The predicted molar refractivity (Wildman–Crippen MR) is 82.4 cm³/mol. The molecule has 0 saturated carbocycles. The van der Waals surface area contributed by atoms with E-state index in [9.17, 15) is 8.42 Å². The van der Waals surface area contributed by atoms with Crippen LogP contribution in [0.15, 0.2) is 11.1 Å². The number of anilines is 1. The zero-order valence-corrected chi connectivity index (χ0v) is 13.8. The van der Waals surface area contributed by atoms with Crippen LogP contribution in [0.25, 0.3) is 0 Å². The number of rotatable bonds is 4. The fourth-order valence-electron chi connectivity index (χ4n) is 2.78. The van der Waals surface area contributed by atoms with E-state index >= 15 is 0 Å². The molecule has 120 valence electrons. The van der Waals surface area contributed by atoms with E-state index < -0.39 is 10.0 Å². The smallest absolute Gasteiger partial charge is 0.248 e. The van der Waals surface area contributed by atoms with Gasteiger partial charge in [-0.25, -0.2) is 8.42 Å². The maximum absolute atomic E-state index is 12.9. The average Bonchev–Trinajstić information content (AvgIpc) is 2.71. The summed E-state index contributed by atoms with van der Waals surface area (Å²) in [5.74, 6) is 0.0873. The molecular weight excluding hydrogens is 290 g/mol. The molecule has 1 unspecified atom stereocenters. The van der Waals surface area contributed by atoms with Gasteiger partial charge in [-0.1, -0.05) is 6.92 Å². The lowest BCUT2D eigenvalue weighted by atomic mass is 10.2. The van der Waals surface area contributed by atoms with Crippen molar-refractivity contribution in [2.45, 2.75) is 44.2 Å². The van der Waals surface area contributed by atoms with Crippen LogP contribution in [-0.2, 0) is 16.6 Å². The number of nitrogens with two attached hydrogens (primary N) is 1. The van der Waals surface area contributed by atoms with E-state index in [2.05, 4.69) is 10.00 Å². The first-order valence-electron chi connectivity index (χ1n) is 7.43. The van der Waals surface area contributed by atoms with Crippen molar-refractivity contribution in [3.8, 4) is 0 Å². The summed E-state index contributed by atoms with van der Waals surface area (Å²) in [5, 5.41) is 4.06. The minimum absolute atomic E-state index is 0.0214. The Bertz CT molecular complexity index is 583. The molecule has 0 aliphatic carbocycles. The summed E-state index contributed by atoms with van der Waals surface area (Å²) in [4.78, 5) is 2.31. The summed E-state index contributed by atoms with van der Waals surface area (Å²) < 4.78 is 29.0. The highest BCUT2D eigenvalue weighted by Gasteiger charge is 2.35. The van der Waals surface area contributed by atoms with Crippen LogP contribution < -0.4 is 5.73 Å². The maximum atomic E-state index is 12.9. The second kappa shape index (κ2) is 6.33. The SMILES string of the molecule is CCC1CN(C)CCCN1S(=O)(=O)c1cn(CC)nc1N. The Kier molecular flexibility index (Phi) is 4.90. The minimum atomic E-state index is -3.59. The fourth-order valence-corrected chi connectivity index (χ4v) is 4.57. The molecule has 2 rings (SSSR count). The molecule has 2 heterocycles. The number of nitrogen functional groups attached to an aromatic ring is 1. The molecule has 7 nitrogen and oxygen atoms in total. The molecule has 1 saturated heterocycles. The summed E-state index contributed by atoms with van der Waals surface area (Å²) in [6.45, 7) is 6.70. The highest BCUT2D eigenvalue weighted by Crippen LogP contribution is 2.25. The van der Waals surface area contributed by atoms with Gasteiger partial charge >= 0.3 is 0 Å². The summed E-state index contributed by atoms with van der Waals surface area (Å²) in [7, 11) is -1.56. The highest BCUT2D eigenvalue weighted by atomic mass is 32.2. The molecule has 21 heavy (non-hydrogen) atoms. The van der Waals surface area contributed by atoms with E-state index in [1.807, 2.05) is 20.9 Å². The van der Waals surface area contributed by atoms with Gasteiger partial charge in [-0.15, -0.1) is 0 Å². The monoisotopic (exact) mass is 315 g/mol. The van der Waals surface area contributed by atoms with Gasteiger partial charge in [-0.3, -0.25) is 4.68 Å². The Morgan fingerprint density at radius 2 is 2.10 bits per heavy atom. The zero-order valence-electron chi connectivity index (χ0n) is 13.0. The lowest BCUT2D eigenvalue weighted by Gasteiger charge is -2.28. The molecule has 8 heteroatoms. The Labute approximate surface area is 126 Å². The van der Waals surface area contributed by atoms with Crippen molar-refractivity contribution in [1.29, 1.82) is 0 Å². The molecule has 0 bridgehead atoms. The molecule has 0 radical (unpaired) electrons. The molecule has 1 aliphatic rings. The topological polar surface area (TPSA) is 84.5 Å². The summed E-state index contributed by atoms with van der Waals surface area (Å²) in [6.07, 6.45) is 3.14. The number of likely N-dealkylation sites (N-methyl/N-ethyl adjacent to an activating group) is 1.